The lowest BCUT2D eigenvalue weighted by molar-refractivity contribution is 0.0203. The quantitative estimate of drug-likeness (QED) is 0.830. The van der Waals surface area contributed by atoms with Gasteiger partial charge in [0.2, 0.25) is 5.82 Å². The number of amides is 1. The fourth-order valence-electron chi connectivity index (χ4n) is 2.66. The van der Waals surface area contributed by atoms with Crippen molar-refractivity contribution in [2.45, 2.75) is 45.1 Å². The third-order valence-corrected chi connectivity index (χ3v) is 4.26. The Labute approximate surface area is 148 Å². The average molecular weight is 397 g/mol. The maximum atomic E-state index is 12.1. The van der Waals surface area contributed by atoms with E-state index in [1.54, 1.807) is 4.90 Å². The van der Waals surface area contributed by atoms with Gasteiger partial charge in [-0.05, 0) is 61.7 Å². The molecule has 0 spiro atoms. The summed E-state index contributed by atoms with van der Waals surface area (Å²) in [5, 5.41) is 7.22. The first-order valence-corrected chi connectivity index (χ1v) is 8.77. The van der Waals surface area contributed by atoms with Gasteiger partial charge < -0.3 is 14.1 Å². The molecule has 0 aliphatic carbocycles. The molecule has 2 aromatic heterocycles. The van der Waals surface area contributed by atoms with Crippen LogP contribution in [0.25, 0.3) is 11.6 Å². The van der Waals surface area contributed by atoms with Gasteiger partial charge in [0.05, 0.1) is 0 Å². The summed E-state index contributed by atoms with van der Waals surface area (Å²) in [6.45, 7) is 6.94. The third kappa shape index (κ3) is 3.98. The summed E-state index contributed by atoms with van der Waals surface area (Å²) >= 11 is 3.27. The predicted octanol–water partition coefficient (Wildman–Crippen LogP) is 3.94. The van der Waals surface area contributed by atoms with E-state index in [1.807, 2.05) is 32.9 Å². The number of furan rings is 1. The third-order valence-electron chi connectivity index (χ3n) is 3.83. The van der Waals surface area contributed by atoms with Crippen molar-refractivity contribution in [3.63, 3.8) is 0 Å². The first-order chi connectivity index (χ1) is 11.3. The molecule has 1 saturated heterocycles. The van der Waals surface area contributed by atoms with E-state index in [0.29, 0.717) is 29.3 Å². The van der Waals surface area contributed by atoms with Crippen LogP contribution in [0.2, 0.25) is 0 Å². The predicted molar refractivity (Wildman–Crippen MR) is 91.6 cm³/mol. The number of likely N-dealkylation sites (tertiary alicyclic amines) is 1. The van der Waals surface area contributed by atoms with Gasteiger partial charge in [0.25, 0.3) is 0 Å². The molecule has 1 fully saturated rings. The molecule has 0 atom stereocenters. The van der Waals surface area contributed by atoms with Crippen molar-refractivity contribution in [2.75, 3.05) is 13.1 Å². The van der Waals surface area contributed by atoms with E-state index >= 15 is 0 Å². The lowest BCUT2D eigenvalue weighted by atomic mass is 9.96. The van der Waals surface area contributed by atoms with E-state index in [1.165, 1.54) is 0 Å². The van der Waals surface area contributed by atoms with E-state index in [0.717, 1.165) is 18.7 Å². The number of nitrogens with one attached hydrogen (secondary N) is 1. The van der Waals surface area contributed by atoms with Crippen LogP contribution in [0.4, 0.5) is 4.79 Å². The minimum atomic E-state index is -0.467. The van der Waals surface area contributed by atoms with Crippen molar-refractivity contribution in [1.82, 2.24) is 20.1 Å². The number of aromatic nitrogens is 3. The Morgan fingerprint density at radius 3 is 2.67 bits per heavy atom. The van der Waals surface area contributed by atoms with Crippen molar-refractivity contribution in [1.29, 1.82) is 0 Å². The highest BCUT2D eigenvalue weighted by Gasteiger charge is 2.29. The second-order valence-electron chi connectivity index (χ2n) is 6.89. The lowest BCUT2D eigenvalue weighted by Gasteiger charge is -2.32. The standard InChI is InChI=1S/C16H21BrN4O3/c1-16(2,3)24-15(22)21-8-6-10(7-9-21)13-18-14(20-19-13)11-4-5-12(17)23-11/h4-5,10H,6-9H2,1-3H3,(H,18,19,20). The van der Waals surface area contributed by atoms with Crippen molar-refractivity contribution in [3.8, 4) is 11.6 Å². The van der Waals surface area contributed by atoms with Gasteiger partial charge in [-0.2, -0.15) is 5.10 Å². The van der Waals surface area contributed by atoms with E-state index in [2.05, 4.69) is 31.1 Å². The fraction of sp³-hybridized carbons (Fsp3) is 0.562. The van der Waals surface area contributed by atoms with E-state index in [9.17, 15) is 4.79 Å². The van der Waals surface area contributed by atoms with Gasteiger partial charge in [-0.15, -0.1) is 0 Å². The maximum absolute atomic E-state index is 12.1. The summed E-state index contributed by atoms with van der Waals surface area (Å²) < 4.78 is 11.5. The number of hydrogen-bond donors (Lipinski definition) is 1. The smallest absolute Gasteiger partial charge is 0.410 e. The summed E-state index contributed by atoms with van der Waals surface area (Å²) in [6.07, 6.45) is 1.41. The molecule has 3 rings (SSSR count). The molecule has 0 saturated carbocycles. The van der Waals surface area contributed by atoms with Crippen LogP contribution in [0.5, 0.6) is 0 Å². The molecule has 1 aliphatic rings. The summed E-state index contributed by atoms with van der Waals surface area (Å²) in [5.74, 6) is 2.26. The topological polar surface area (TPSA) is 84.2 Å². The maximum Gasteiger partial charge on any atom is 0.410 e. The summed E-state index contributed by atoms with van der Waals surface area (Å²) in [5.41, 5.74) is -0.467. The number of nitrogens with zero attached hydrogens (tertiary/aromatic N) is 3. The SMILES string of the molecule is CC(C)(C)OC(=O)N1CCC(c2nc(-c3ccc(Br)o3)n[nH]2)CC1. The van der Waals surface area contributed by atoms with Gasteiger partial charge in [-0.3, -0.25) is 5.10 Å². The normalized spacial score (nSPS) is 16.4. The first kappa shape index (κ1) is 17.0. The average Bonchev–Trinajstić information content (AvgIpc) is 3.14. The summed E-state index contributed by atoms with van der Waals surface area (Å²) in [4.78, 5) is 18.4. The highest BCUT2D eigenvalue weighted by Crippen LogP contribution is 2.28. The van der Waals surface area contributed by atoms with Crippen molar-refractivity contribution in [2.24, 2.45) is 0 Å². The molecular weight excluding hydrogens is 376 g/mol. The highest BCUT2D eigenvalue weighted by molar-refractivity contribution is 9.10. The molecule has 130 valence electrons. The number of aromatic amines is 1. The molecule has 0 bridgehead atoms. The Kier molecular flexibility index (Phi) is 4.67. The molecule has 0 radical (unpaired) electrons. The van der Waals surface area contributed by atoms with Crippen LogP contribution in [-0.4, -0.2) is 44.9 Å². The van der Waals surface area contributed by atoms with Gasteiger partial charge in [-0.25, -0.2) is 9.78 Å². The van der Waals surface area contributed by atoms with Crippen molar-refractivity contribution < 1.29 is 13.9 Å². The van der Waals surface area contributed by atoms with Crippen LogP contribution in [0.15, 0.2) is 21.2 Å². The zero-order valence-electron chi connectivity index (χ0n) is 14.0. The summed E-state index contributed by atoms with van der Waals surface area (Å²) in [6, 6.07) is 3.63. The number of carbonyl (C=O) groups excluding carboxylic acids is 1. The molecule has 24 heavy (non-hydrogen) atoms. The number of hydrogen-bond acceptors (Lipinski definition) is 5. The number of ether oxygens (including phenoxy) is 1. The molecule has 0 aromatic carbocycles. The molecule has 3 heterocycles. The van der Waals surface area contributed by atoms with Crippen molar-refractivity contribution >= 4 is 22.0 Å². The molecule has 7 nitrogen and oxygen atoms in total. The number of carbonyl (C=O) groups is 1. The molecule has 2 aromatic rings. The van der Waals surface area contributed by atoms with Crippen LogP contribution < -0.4 is 0 Å². The van der Waals surface area contributed by atoms with E-state index in [4.69, 9.17) is 9.15 Å². The van der Waals surface area contributed by atoms with E-state index in [-0.39, 0.29) is 12.0 Å². The Morgan fingerprint density at radius 1 is 1.38 bits per heavy atom. The monoisotopic (exact) mass is 396 g/mol. The minimum absolute atomic E-state index is 0.250. The minimum Gasteiger partial charge on any atom is -0.446 e. The van der Waals surface area contributed by atoms with Gasteiger partial charge >= 0.3 is 6.09 Å². The number of halogens is 1. The number of piperidine rings is 1. The largest absolute Gasteiger partial charge is 0.446 e. The van der Waals surface area contributed by atoms with Crippen LogP contribution in [0, 0.1) is 0 Å². The van der Waals surface area contributed by atoms with Gasteiger partial charge in [-0.1, -0.05) is 0 Å². The van der Waals surface area contributed by atoms with Gasteiger partial charge in [0, 0.05) is 19.0 Å². The molecule has 1 amide bonds. The fourth-order valence-corrected chi connectivity index (χ4v) is 2.97. The molecule has 1 aliphatic heterocycles. The zero-order chi connectivity index (χ0) is 17.3. The Balaban J connectivity index is 1.59. The second-order valence-corrected chi connectivity index (χ2v) is 7.67. The second kappa shape index (κ2) is 6.58. The molecule has 0 unspecified atom stereocenters. The van der Waals surface area contributed by atoms with Gasteiger partial charge in [0.1, 0.15) is 11.4 Å². The van der Waals surface area contributed by atoms with Crippen LogP contribution >= 0.6 is 15.9 Å². The van der Waals surface area contributed by atoms with Crippen molar-refractivity contribution in [3.05, 3.63) is 22.6 Å². The Morgan fingerprint density at radius 2 is 2.08 bits per heavy atom. The van der Waals surface area contributed by atoms with Crippen LogP contribution in [0.1, 0.15) is 45.4 Å². The lowest BCUT2D eigenvalue weighted by Crippen LogP contribution is -2.41. The van der Waals surface area contributed by atoms with Gasteiger partial charge in [0.15, 0.2) is 10.4 Å². The first-order valence-electron chi connectivity index (χ1n) is 7.98. The molecular formula is C16H21BrN4O3. The summed E-state index contributed by atoms with van der Waals surface area (Å²) in [7, 11) is 0. The van der Waals surface area contributed by atoms with Crippen LogP contribution in [-0.2, 0) is 4.74 Å². The Hall–Kier alpha value is -1.83. The highest BCUT2D eigenvalue weighted by atomic mass is 79.9. The zero-order valence-corrected chi connectivity index (χ0v) is 15.6. The molecule has 8 heteroatoms. The van der Waals surface area contributed by atoms with E-state index < -0.39 is 5.60 Å². The Bertz CT molecular complexity index is 711. The van der Waals surface area contributed by atoms with Crippen LogP contribution in [0.3, 0.4) is 0 Å². The number of H-pyrrole nitrogens is 1. The molecule has 1 N–H and O–H groups in total. The number of rotatable bonds is 2.